The van der Waals surface area contributed by atoms with Crippen LogP contribution < -0.4 is 10.2 Å². The lowest BCUT2D eigenvalue weighted by Gasteiger charge is -2.29. The first-order valence-corrected chi connectivity index (χ1v) is 13.8. The van der Waals surface area contributed by atoms with Gasteiger partial charge in [0.1, 0.15) is 17.7 Å². The Labute approximate surface area is 251 Å². The van der Waals surface area contributed by atoms with Gasteiger partial charge in [0.05, 0.1) is 31.5 Å². The van der Waals surface area contributed by atoms with Crippen LogP contribution in [0.15, 0.2) is 41.3 Å². The maximum Gasteiger partial charge on any atom is 0.329 e. The number of alkyl halides is 3. The van der Waals surface area contributed by atoms with Gasteiger partial charge in [0.2, 0.25) is 5.82 Å². The van der Waals surface area contributed by atoms with E-state index in [9.17, 15) is 4.39 Å². The van der Waals surface area contributed by atoms with Crippen molar-refractivity contribution in [3.63, 3.8) is 0 Å². The van der Waals surface area contributed by atoms with Crippen molar-refractivity contribution in [1.29, 1.82) is 0 Å². The highest BCUT2D eigenvalue weighted by Crippen LogP contribution is 2.38. The molecule has 1 saturated heterocycles. The highest BCUT2D eigenvalue weighted by Gasteiger charge is 2.39. The van der Waals surface area contributed by atoms with Crippen LogP contribution in [0.2, 0.25) is 0 Å². The molecule has 13 heteroatoms. The molecule has 1 aliphatic heterocycles. The topological polar surface area (TPSA) is 156 Å². The molecule has 1 fully saturated rings. The second kappa shape index (κ2) is 18.8. The highest BCUT2D eigenvalue weighted by atomic mass is 19.3. The molecule has 2 aromatic heterocycles. The largest absolute Gasteiger partial charge is 0.450 e. The molecule has 0 amide bonds. The lowest BCUT2D eigenvalue weighted by atomic mass is 10.1. The molecule has 0 aliphatic carbocycles. The van der Waals surface area contributed by atoms with Crippen LogP contribution in [0, 0.1) is 5.92 Å². The summed E-state index contributed by atoms with van der Waals surface area (Å²) in [4.78, 5) is 10.6. The third-order valence-electron chi connectivity index (χ3n) is 6.22. The van der Waals surface area contributed by atoms with Crippen molar-refractivity contribution in [2.24, 2.45) is 5.92 Å². The quantitative estimate of drug-likeness (QED) is 0.239. The zero-order valence-electron chi connectivity index (χ0n) is 26.1. The summed E-state index contributed by atoms with van der Waals surface area (Å²) in [5.74, 6) is -3.38. The number of furan rings is 1. The lowest BCUT2D eigenvalue weighted by molar-refractivity contribution is -0.0833. The number of halogens is 3. The van der Waals surface area contributed by atoms with Gasteiger partial charge in [-0.25, -0.2) is 9.97 Å². The van der Waals surface area contributed by atoms with E-state index >= 15 is 8.78 Å². The average Bonchev–Trinajstić information content (AvgIpc) is 3.57. The maximum absolute atomic E-state index is 15.0. The van der Waals surface area contributed by atoms with Crippen LogP contribution in [0.3, 0.4) is 0 Å². The minimum Gasteiger partial charge on any atom is -0.450 e. The zero-order chi connectivity index (χ0) is 30.6. The lowest BCUT2D eigenvalue weighted by Crippen LogP contribution is -2.37. The number of aliphatic hydroxyl groups is 1. The summed E-state index contributed by atoms with van der Waals surface area (Å²) in [5, 5.41) is 10.6. The van der Waals surface area contributed by atoms with Crippen LogP contribution in [0.1, 0.15) is 46.4 Å². The smallest absolute Gasteiger partial charge is 0.329 e. The van der Waals surface area contributed by atoms with Crippen LogP contribution in [0.4, 0.5) is 19.0 Å². The minimum absolute atomic E-state index is 0. The monoisotopic (exact) mass is 618 g/mol. The number of rotatable bonds is 11. The van der Waals surface area contributed by atoms with E-state index in [1.54, 1.807) is 6.07 Å². The predicted octanol–water partition coefficient (Wildman–Crippen LogP) is 4.22. The summed E-state index contributed by atoms with van der Waals surface area (Å²) < 4.78 is 58.7. The Balaban J connectivity index is 0.00000142. The highest BCUT2D eigenvalue weighted by molar-refractivity contribution is 6.05. The second-order valence-electron chi connectivity index (χ2n) is 10.9. The number of aromatic nitrogens is 2. The summed E-state index contributed by atoms with van der Waals surface area (Å²) in [5.41, 5.74) is 1.09. The Morgan fingerprint density at radius 3 is 2.47 bits per heavy atom. The predicted molar refractivity (Wildman–Crippen MR) is 165 cm³/mol. The number of ether oxygens (including phenoxy) is 2. The number of hydrogen-bond donors (Lipinski definition) is 2. The van der Waals surface area contributed by atoms with E-state index in [1.165, 1.54) is 6.08 Å². The molecule has 2 atom stereocenters. The Morgan fingerprint density at radius 2 is 1.88 bits per heavy atom. The fraction of sp³-hybridized carbons (Fsp3) is 0.600. The fourth-order valence-corrected chi connectivity index (χ4v) is 4.31. The molecule has 1 aromatic carbocycles. The third kappa shape index (κ3) is 11.3. The molecule has 3 heterocycles. The SMILES string of the molecule is C=CCOCC(F)(F)c1nc(N2CCC[C@H]2COC(C)(C)C)c2oc3ccccc3c2n1.CNC[C@H](C)CF.CO.O.O. The van der Waals surface area contributed by atoms with Crippen LogP contribution in [0.25, 0.3) is 22.1 Å². The average molecular weight is 619 g/mol. The van der Waals surface area contributed by atoms with Gasteiger partial charge in [0, 0.05) is 19.0 Å². The van der Waals surface area contributed by atoms with Gasteiger partial charge in [0.25, 0.3) is 0 Å². The van der Waals surface area contributed by atoms with Gasteiger partial charge >= 0.3 is 5.92 Å². The number of fused-ring (bicyclic) bond motifs is 3. The van der Waals surface area contributed by atoms with E-state index in [4.69, 9.17) is 19.0 Å². The van der Waals surface area contributed by atoms with Gasteiger partial charge in [0.15, 0.2) is 11.4 Å². The maximum atomic E-state index is 15.0. The van der Waals surface area contributed by atoms with E-state index in [0.717, 1.165) is 26.5 Å². The molecule has 0 bridgehead atoms. The first-order chi connectivity index (χ1) is 19.5. The van der Waals surface area contributed by atoms with Crippen molar-refractivity contribution >= 4 is 27.9 Å². The molecule has 246 valence electrons. The van der Waals surface area contributed by atoms with Gasteiger partial charge in [-0.1, -0.05) is 25.1 Å². The zero-order valence-corrected chi connectivity index (χ0v) is 26.1. The number of nitrogens with zero attached hydrogens (tertiary/aromatic N) is 3. The van der Waals surface area contributed by atoms with Crippen LogP contribution in [-0.2, 0) is 15.4 Å². The van der Waals surface area contributed by atoms with E-state index in [1.807, 2.05) is 57.8 Å². The molecule has 0 saturated carbocycles. The Hall–Kier alpha value is -2.81. The number of hydrogen-bond acceptors (Lipinski definition) is 8. The molecule has 43 heavy (non-hydrogen) atoms. The molecule has 0 spiro atoms. The van der Waals surface area contributed by atoms with Crippen LogP contribution in [-0.4, -0.2) is 91.4 Å². The minimum atomic E-state index is -3.36. The number of benzene rings is 1. The van der Waals surface area contributed by atoms with Crippen molar-refractivity contribution in [1.82, 2.24) is 15.3 Å². The Kier molecular flexibility index (Phi) is 17.5. The van der Waals surface area contributed by atoms with E-state index < -0.39 is 18.4 Å². The summed E-state index contributed by atoms with van der Waals surface area (Å²) in [7, 11) is 2.83. The molecule has 1 aliphatic rings. The number of nitrogens with one attached hydrogen (secondary N) is 1. The molecular weight excluding hydrogens is 569 g/mol. The summed E-state index contributed by atoms with van der Waals surface area (Å²) in [6.45, 7) is 12.3. The van der Waals surface area contributed by atoms with Crippen molar-refractivity contribution in [3.05, 3.63) is 42.7 Å². The van der Waals surface area contributed by atoms with Gasteiger partial charge < -0.3 is 40.2 Å². The fourth-order valence-electron chi connectivity index (χ4n) is 4.31. The first-order valence-electron chi connectivity index (χ1n) is 13.8. The van der Waals surface area contributed by atoms with Crippen LogP contribution >= 0.6 is 0 Å². The molecule has 6 N–H and O–H groups in total. The van der Waals surface area contributed by atoms with Crippen molar-refractivity contribution in [2.45, 2.75) is 58.1 Å². The summed E-state index contributed by atoms with van der Waals surface area (Å²) in [6, 6.07) is 7.31. The normalized spacial score (nSPS) is 15.5. The third-order valence-corrected chi connectivity index (χ3v) is 6.22. The number of anilines is 1. The van der Waals surface area contributed by atoms with E-state index in [0.29, 0.717) is 41.0 Å². The molecular formula is C30H49F3N4O6. The number of aliphatic hydroxyl groups excluding tert-OH is 1. The molecule has 4 rings (SSSR count). The standard InChI is InChI=1S/C24H29F2N3O3.C5H12FN.CH4O.2H2O/c1-5-13-30-15-24(25,26)22-27-19-17-10-6-7-11-18(17)32-20(19)21(28-22)29-12-8-9-16(29)14-31-23(2,3)4;1-5(3-6)4-7-2;1-2;;/h5-7,10-11,16H,1,8-9,12-15H2,2-4H3;5,7H,3-4H2,1-2H3;2H,1H3;2*1H2/t16-;5-;;;/m01.../s1. The van der Waals surface area contributed by atoms with E-state index in [-0.39, 0.29) is 41.8 Å². The van der Waals surface area contributed by atoms with Crippen molar-refractivity contribution in [2.75, 3.05) is 58.6 Å². The molecule has 3 aromatic rings. The second-order valence-corrected chi connectivity index (χ2v) is 10.9. The summed E-state index contributed by atoms with van der Waals surface area (Å²) >= 11 is 0. The Bertz CT molecular complexity index is 1220. The molecule has 0 unspecified atom stereocenters. The summed E-state index contributed by atoms with van der Waals surface area (Å²) in [6.07, 6.45) is 3.23. The van der Waals surface area contributed by atoms with Crippen molar-refractivity contribution in [3.8, 4) is 0 Å². The molecule has 10 nitrogen and oxygen atoms in total. The Morgan fingerprint density at radius 1 is 1.21 bits per heavy atom. The van der Waals surface area contributed by atoms with Gasteiger partial charge in [-0.2, -0.15) is 8.78 Å². The number of para-hydroxylation sites is 1. The van der Waals surface area contributed by atoms with Gasteiger partial charge in [-0.15, -0.1) is 6.58 Å². The van der Waals surface area contributed by atoms with Gasteiger partial charge in [-0.05, 0) is 65.3 Å². The van der Waals surface area contributed by atoms with Crippen molar-refractivity contribution < 1.29 is 43.1 Å². The van der Waals surface area contributed by atoms with Crippen LogP contribution in [0.5, 0.6) is 0 Å². The van der Waals surface area contributed by atoms with Gasteiger partial charge in [-0.3, -0.25) is 4.39 Å². The first kappa shape index (κ1) is 40.2. The van der Waals surface area contributed by atoms with E-state index in [2.05, 4.69) is 21.9 Å². The molecule has 0 radical (unpaired) electrons.